The Morgan fingerprint density at radius 3 is 2.58 bits per heavy atom. The highest BCUT2D eigenvalue weighted by Gasteiger charge is 2.29. The van der Waals surface area contributed by atoms with Gasteiger partial charge in [0.2, 0.25) is 5.91 Å². The molecule has 0 aliphatic carbocycles. The van der Waals surface area contributed by atoms with Crippen molar-refractivity contribution < 1.29 is 18.0 Å². The molecule has 2 amide bonds. The molecule has 1 saturated heterocycles. The molecule has 2 heterocycles. The fraction of sp³-hybridized carbons (Fsp3) is 0.476. The van der Waals surface area contributed by atoms with Crippen molar-refractivity contribution in [1.29, 1.82) is 0 Å². The lowest BCUT2D eigenvalue weighted by molar-refractivity contribution is -0.131. The third kappa shape index (κ3) is 5.97. The molecule has 1 fully saturated rings. The first-order chi connectivity index (χ1) is 14.6. The van der Waals surface area contributed by atoms with E-state index in [1.54, 1.807) is 27.7 Å². The molecule has 2 aromatic rings. The van der Waals surface area contributed by atoms with Crippen molar-refractivity contribution in [3.8, 4) is 12.3 Å². The quantitative estimate of drug-likeness (QED) is 0.613. The summed E-state index contributed by atoms with van der Waals surface area (Å²) in [6.07, 6.45) is 6.44. The maximum Gasteiger partial charge on any atom is 0.263 e. The van der Waals surface area contributed by atoms with Gasteiger partial charge in [-0.15, -0.1) is 6.42 Å². The van der Waals surface area contributed by atoms with E-state index in [9.17, 15) is 18.0 Å². The van der Waals surface area contributed by atoms with Crippen molar-refractivity contribution in [1.82, 2.24) is 9.47 Å². The van der Waals surface area contributed by atoms with Crippen LogP contribution in [0.3, 0.4) is 0 Å². The molecule has 1 aliphatic rings. The second kappa shape index (κ2) is 9.55. The van der Waals surface area contributed by atoms with Gasteiger partial charge in [0.05, 0.1) is 16.8 Å². The van der Waals surface area contributed by atoms with Crippen molar-refractivity contribution in [2.45, 2.75) is 26.8 Å². The van der Waals surface area contributed by atoms with Gasteiger partial charge in [-0.25, -0.2) is 8.42 Å². The lowest BCUT2D eigenvalue weighted by Gasteiger charge is -2.34. The van der Waals surface area contributed by atoms with Crippen LogP contribution in [0.1, 0.15) is 20.3 Å². The number of sulfone groups is 1. The van der Waals surface area contributed by atoms with Gasteiger partial charge in [0.1, 0.15) is 11.5 Å². The highest BCUT2D eigenvalue weighted by atomic mass is 35.5. The lowest BCUT2D eigenvalue weighted by Crippen LogP contribution is -2.45. The Kier molecular flexibility index (Phi) is 7.24. The number of piperidine rings is 1. The van der Waals surface area contributed by atoms with Crippen LogP contribution in [0.2, 0.25) is 5.02 Å². The summed E-state index contributed by atoms with van der Waals surface area (Å²) in [6, 6.07) is 5.20. The van der Waals surface area contributed by atoms with Gasteiger partial charge in [0.15, 0.2) is 14.6 Å². The van der Waals surface area contributed by atoms with Gasteiger partial charge < -0.3 is 9.47 Å². The van der Waals surface area contributed by atoms with E-state index in [4.69, 9.17) is 18.0 Å². The van der Waals surface area contributed by atoms with Crippen LogP contribution in [0, 0.1) is 24.2 Å². The summed E-state index contributed by atoms with van der Waals surface area (Å²) in [4.78, 5) is 30.8. The molecule has 1 aromatic carbocycles. The number of benzene rings is 1. The SMILES string of the molecule is C#CCn1c(=NC(=O)CS(=O)(=O)CC(=O)N2CC(C)CC(C)C2)sc2cc(Cl)ccc21. The van der Waals surface area contributed by atoms with Gasteiger partial charge >= 0.3 is 0 Å². The molecule has 0 saturated carbocycles. The lowest BCUT2D eigenvalue weighted by atomic mass is 9.92. The Labute approximate surface area is 190 Å². The summed E-state index contributed by atoms with van der Waals surface area (Å²) in [7, 11) is -3.95. The first-order valence-corrected chi connectivity index (χ1v) is 12.9. The highest BCUT2D eigenvalue weighted by Crippen LogP contribution is 2.22. The number of aromatic nitrogens is 1. The number of hydrogen-bond donors (Lipinski definition) is 0. The van der Waals surface area contributed by atoms with Gasteiger partial charge in [-0.1, -0.05) is 42.7 Å². The zero-order valence-electron chi connectivity index (χ0n) is 17.4. The number of amides is 2. The van der Waals surface area contributed by atoms with Crippen molar-refractivity contribution in [3.05, 3.63) is 28.0 Å². The number of terminal acetylenes is 1. The van der Waals surface area contributed by atoms with Crippen LogP contribution in [0.25, 0.3) is 10.2 Å². The summed E-state index contributed by atoms with van der Waals surface area (Å²) in [6.45, 7) is 5.32. The first kappa shape index (κ1) is 23.5. The van der Waals surface area contributed by atoms with Crippen LogP contribution in [0.4, 0.5) is 0 Å². The number of carbonyl (C=O) groups excluding carboxylic acids is 2. The van der Waals surface area contributed by atoms with Crippen molar-refractivity contribution in [2.24, 2.45) is 16.8 Å². The largest absolute Gasteiger partial charge is 0.341 e. The third-order valence-corrected chi connectivity index (χ3v) is 7.67. The Balaban J connectivity index is 1.78. The second-order valence-electron chi connectivity index (χ2n) is 8.07. The van der Waals surface area contributed by atoms with Gasteiger partial charge in [0.25, 0.3) is 5.91 Å². The number of halogens is 1. The van der Waals surface area contributed by atoms with Gasteiger partial charge in [-0.2, -0.15) is 4.99 Å². The fourth-order valence-corrected chi connectivity index (χ4v) is 6.32. The summed E-state index contributed by atoms with van der Waals surface area (Å²) >= 11 is 7.22. The molecule has 0 spiro atoms. The van der Waals surface area contributed by atoms with Crippen molar-refractivity contribution in [2.75, 3.05) is 24.6 Å². The molecule has 2 atom stereocenters. The van der Waals surface area contributed by atoms with E-state index in [1.807, 2.05) is 13.8 Å². The van der Waals surface area contributed by atoms with Crippen molar-refractivity contribution >= 4 is 54.8 Å². The molecule has 0 N–H and O–H groups in total. The minimum Gasteiger partial charge on any atom is -0.341 e. The number of fused-ring (bicyclic) bond motifs is 1. The smallest absolute Gasteiger partial charge is 0.263 e. The molecular formula is C21H24ClN3O4S2. The van der Waals surface area contributed by atoms with Crippen LogP contribution in [0.5, 0.6) is 0 Å². The van der Waals surface area contributed by atoms with E-state index >= 15 is 0 Å². The van der Waals surface area contributed by atoms with Crippen LogP contribution in [-0.2, 0) is 26.0 Å². The van der Waals surface area contributed by atoms with Gasteiger partial charge in [-0.05, 0) is 36.5 Å². The van der Waals surface area contributed by atoms with E-state index in [0.29, 0.717) is 34.7 Å². The summed E-state index contributed by atoms with van der Waals surface area (Å²) < 4.78 is 27.4. The van der Waals surface area contributed by atoms with Crippen LogP contribution in [0.15, 0.2) is 23.2 Å². The topological polar surface area (TPSA) is 88.8 Å². The maximum atomic E-state index is 12.5. The number of thiazole rings is 1. The molecule has 166 valence electrons. The third-order valence-electron chi connectivity index (χ3n) is 5.02. The van der Waals surface area contributed by atoms with E-state index in [0.717, 1.165) is 16.6 Å². The molecule has 10 heteroatoms. The Morgan fingerprint density at radius 2 is 1.94 bits per heavy atom. The van der Waals surface area contributed by atoms with Gasteiger partial charge in [-0.3, -0.25) is 9.59 Å². The number of nitrogens with zero attached hydrogens (tertiary/aromatic N) is 3. The second-order valence-corrected chi connectivity index (χ2v) is 11.6. The van der Waals surface area contributed by atoms with Crippen LogP contribution >= 0.6 is 22.9 Å². The van der Waals surface area contributed by atoms with Crippen LogP contribution < -0.4 is 4.80 Å². The normalized spacial score (nSPS) is 20.1. The number of likely N-dealkylation sites (tertiary alicyclic amines) is 1. The Bertz CT molecular complexity index is 1210. The average molecular weight is 482 g/mol. The summed E-state index contributed by atoms with van der Waals surface area (Å²) in [5, 5.41) is 0.530. The predicted octanol–water partition coefficient (Wildman–Crippen LogP) is 2.34. The number of rotatable bonds is 5. The molecule has 3 rings (SSSR count). The fourth-order valence-electron chi connectivity index (χ4n) is 3.90. The number of carbonyl (C=O) groups is 2. The monoisotopic (exact) mass is 481 g/mol. The molecule has 1 aliphatic heterocycles. The standard InChI is InChI=1S/C21H24ClN3O4S2/c1-4-7-25-17-6-5-16(22)9-18(17)30-21(25)23-19(26)12-31(28,29)13-20(27)24-10-14(2)8-15(3)11-24/h1,5-6,9,14-15H,7-8,10-13H2,2-3H3. The summed E-state index contributed by atoms with van der Waals surface area (Å²) in [5.41, 5.74) is 0.755. The van der Waals surface area contributed by atoms with E-state index < -0.39 is 33.2 Å². The van der Waals surface area contributed by atoms with E-state index in [-0.39, 0.29) is 6.54 Å². The molecule has 0 bridgehead atoms. The summed E-state index contributed by atoms with van der Waals surface area (Å²) in [5.74, 6) is 0.315. The maximum absolute atomic E-state index is 12.5. The molecular weight excluding hydrogens is 458 g/mol. The van der Waals surface area contributed by atoms with E-state index in [2.05, 4.69) is 10.9 Å². The first-order valence-electron chi connectivity index (χ1n) is 9.86. The Morgan fingerprint density at radius 1 is 1.26 bits per heavy atom. The van der Waals surface area contributed by atoms with Gasteiger partial charge in [0, 0.05) is 18.1 Å². The average Bonchev–Trinajstić information content (AvgIpc) is 2.96. The predicted molar refractivity (Wildman–Crippen MR) is 122 cm³/mol. The van der Waals surface area contributed by atoms with Crippen molar-refractivity contribution in [3.63, 3.8) is 0 Å². The minimum absolute atomic E-state index is 0.171. The molecule has 0 radical (unpaired) electrons. The Hall–Kier alpha value is -2.15. The minimum atomic E-state index is -3.95. The zero-order valence-corrected chi connectivity index (χ0v) is 19.8. The molecule has 2 unspecified atom stereocenters. The molecule has 31 heavy (non-hydrogen) atoms. The number of hydrogen-bond acceptors (Lipinski definition) is 5. The highest BCUT2D eigenvalue weighted by molar-refractivity contribution is 7.92. The molecule has 1 aromatic heterocycles. The zero-order chi connectivity index (χ0) is 22.8. The van der Waals surface area contributed by atoms with Crippen LogP contribution in [-0.4, -0.2) is 54.3 Å². The molecule has 7 nitrogen and oxygen atoms in total. The van der Waals surface area contributed by atoms with E-state index in [1.165, 1.54) is 11.3 Å².